The number of benzene rings is 1. The highest BCUT2D eigenvalue weighted by Crippen LogP contribution is 2.30. The van der Waals surface area contributed by atoms with Crippen LogP contribution in [0.4, 0.5) is 5.69 Å². The minimum Gasteiger partial charge on any atom is -0.339 e. The second-order valence-corrected chi connectivity index (χ2v) is 7.08. The first-order chi connectivity index (χ1) is 12.6. The summed E-state index contributed by atoms with van der Waals surface area (Å²) in [5.41, 5.74) is 1.51. The molecule has 26 heavy (non-hydrogen) atoms. The molecule has 2 aliphatic rings. The maximum absolute atomic E-state index is 12.6. The first-order valence-electron chi connectivity index (χ1n) is 9.05. The van der Waals surface area contributed by atoms with Gasteiger partial charge in [0.2, 0.25) is 11.8 Å². The van der Waals surface area contributed by atoms with Gasteiger partial charge in [-0.1, -0.05) is 25.0 Å². The van der Waals surface area contributed by atoms with E-state index in [2.05, 4.69) is 20.8 Å². The molecule has 0 bridgehead atoms. The van der Waals surface area contributed by atoms with Crippen LogP contribution in [0.15, 0.2) is 24.3 Å². The van der Waals surface area contributed by atoms with Crippen LogP contribution in [0.1, 0.15) is 32.1 Å². The molecular formula is C18H22N6O2. The summed E-state index contributed by atoms with van der Waals surface area (Å²) in [6.07, 6.45) is 4.78. The Kier molecular flexibility index (Phi) is 4.40. The number of hydrogen-bond donors (Lipinski definition) is 1. The maximum Gasteiger partial charge on any atom is 0.229 e. The van der Waals surface area contributed by atoms with Gasteiger partial charge < -0.3 is 10.2 Å². The van der Waals surface area contributed by atoms with E-state index < -0.39 is 0 Å². The quantitative estimate of drug-likeness (QED) is 0.900. The van der Waals surface area contributed by atoms with Crippen molar-refractivity contribution in [2.24, 2.45) is 13.0 Å². The van der Waals surface area contributed by atoms with Crippen molar-refractivity contribution in [3.05, 3.63) is 24.3 Å². The van der Waals surface area contributed by atoms with Gasteiger partial charge in [0, 0.05) is 37.3 Å². The number of hydrogen-bond acceptors (Lipinski definition) is 5. The molecule has 1 saturated carbocycles. The molecule has 0 radical (unpaired) electrons. The molecule has 2 fully saturated rings. The van der Waals surface area contributed by atoms with Crippen LogP contribution < -0.4 is 5.32 Å². The zero-order chi connectivity index (χ0) is 18.1. The van der Waals surface area contributed by atoms with Crippen LogP contribution in [0, 0.1) is 5.92 Å². The third-order valence-corrected chi connectivity index (χ3v) is 5.30. The Morgan fingerprint density at radius 1 is 1.27 bits per heavy atom. The molecule has 1 aliphatic heterocycles. The van der Waals surface area contributed by atoms with Crippen molar-refractivity contribution < 1.29 is 9.59 Å². The first kappa shape index (κ1) is 16.7. The highest BCUT2D eigenvalue weighted by molar-refractivity contribution is 5.97. The van der Waals surface area contributed by atoms with Gasteiger partial charge in [-0.05, 0) is 35.4 Å². The molecule has 4 rings (SSSR count). The zero-order valence-electron chi connectivity index (χ0n) is 14.8. The van der Waals surface area contributed by atoms with Crippen molar-refractivity contribution in [1.82, 2.24) is 25.1 Å². The lowest BCUT2D eigenvalue weighted by Gasteiger charge is -2.23. The van der Waals surface area contributed by atoms with Crippen molar-refractivity contribution >= 4 is 17.5 Å². The van der Waals surface area contributed by atoms with Crippen molar-refractivity contribution in [1.29, 1.82) is 0 Å². The van der Waals surface area contributed by atoms with Gasteiger partial charge >= 0.3 is 0 Å². The average Bonchev–Trinajstić information content (AvgIpc) is 3.35. The molecule has 1 saturated heterocycles. The van der Waals surface area contributed by atoms with Crippen LogP contribution in [-0.4, -0.2) is 49.5 Å². The summed E-state index contributed by atoms with van der Waals surface area (Å²) in [7, 11) is 1.77. The molecule has 8 nitrogen and oxygen atoms in total. The summed E-state index contributed by atoms with van der Waals surface area (Å²) < 4.78 is 1.58. The smallest absolute Gasteiger partial charge is 0.229 e. The molecule has 1 atom stereocenters. The summed E-state index contributed by atoms with van der Waals surface area (Å²) >= 11 is 0. The van der Waals surface area contributed by atoms with E-state index in [4.69, 9.17) is 0 Å². The summed E-state index contributed by atoms with van der Waals surface area (Å²) in [5.74, 6) is 0.343. The fourth-order valence-corrected chi connectivity index (χ4v) is 3.93. The number of rotatable bonds is 4. The number of likely N-dealkylation sites (tertiary alicyclic amines) is 1. The predicted molar refractivity (Wildman–Crippen MR) is 94.9 cm³/mol. The fraction of sp³-hybridized carbons (Fsp3) is 0.500. The van der Waals surface area contributed by atoms with E-state index in [0.29, 0.717) is 30.5 Å². The molecule has 0 spiro atoms. The molecule has 1 unspecified atom stereocenters. The Morgan fingerprint density at radius 2 is 2.08 bits per heavy atom. The Morgan fingerprint density at radius 3 is 2.81 bits per heavy atom. The first-order valence-corrected chi connectivity index (χ1v) is 9.05. The number of amides is 2. The third-order valence-electron chi connectivity index (χ3n) is 5.30. The van der Waals surface area contributed by atoms with Crippen LogP contribution >= 0.6 is 0 Å². The highest BCUT2D eigenvalue weighted by Gasteiger charge is 2.38. The number of nitrogens with zero attached hydrogens (tertiary/aromatic N) is 5. The summed E-state index contributed by atoms with van der Waals surface area (Å²) in [5, 5.41) is 14.4. The Bertz CT molecular complexity index is 827. The van der Waals surface area contributed by atoms with Gasteiger partial charge in [-0.25, -0.2) is 4.68 Å². The van der Waals surface area contributed by atoms with Gasteiger partial charge in [0.1, 0.15) is 0 Å². The van der Waals surface area contributed by atoms with Gasteiger partial charge in [0.05, 0.1) is 5.92 Å². The number of anilines is 1. The second-order valence-electron chi connectivity index (χ2n) is 7.08. The number of aryl methyl sites for hydroxylation is 1. The number of carbonyl (C=O) groups excluding carboxylic acids is 2. The molecular weight excluding hydrogens is 332 g/mol. The number of nitrogens with one attached hydrogen (secondary N) is 1. The molecule has 1 aromatic heterocycles. The molecule has 8 heteroatoms. The number of tetrazole rings is 1. The topological polar surface area (TPSA) is 93.0 Å². The monoisotopic (exact) mass is 354 g/mol. The second kappa shape index (κ2) is 6.86. The summed E-state index contributed by atoms with van der Waals surface area (Å²) in [6, 6.07) is 7.74. The van der Waals surface area contributed by atoms with Gasteiger partial charge in [0.15, 0.2) is 5.82 Å². The van der Waals surface area contributed by atoms with Crippen molar-refractivity contribution in [2.75, 3.05) is 11.9 Å². The van der Waals surface area contributed by atoms with Gasteiger partial charge in [-0.3, -0.25) is 9.59 Å². The van der Waals surface area contributed by atoms with E-state index >= 15 is 0 Å². The number of aromatic nitrogens is 4. The zero-order valence-corrected chi connectivity index (χ0v) is 14.8. The highest BCUT2D eigenvalue weighted by atomic mass is 16.2. The minimum atomic E-state index is -0.289. The van der Waals surface area contributed by atoms with Crippen LogP contribution in [0.25, 0.3) is 11.4 Å². The predicted octanol–water partition coefficient (Wildman–Crippen LogP) is 1.61. The molecule has 2 aromatic rings. The molecule has 1 aliphatic carbocycles. The van der Waals surface area contributed by atoms with E-state index in [1.807, 2.05) is 29.2 Å². The maximum atomic E-state index is 12.6. The van der Waals surface area contributed by atoms with E-state index in [1.54, 1.807) is 11.7 Å². The molecule has 2 amide bonds. The third kappa shape index (κ3) is 3.18. The minimum absolute atomic E-state index is 0.105. The lowest BCUT2D eigenvalue weighted by atomic mass is 10.1. The Labute approximate surface area is 151 Å². The van der Waals surface area contributed by atoms with Gasteiger partial charge in [-0.2, -0.15) is 0 Å². The summed E-state index contributed by atoms with van der Waals surface area (Å²) in [6.45, 7) is 0.530. The van der Waals surface area contributed by atoms with E-state index in [0.717, 1.165) is 18.4 Å². The standard InChI is InChI=1S/C18H22N6O2/c1-23-17(20-21-22-23)12-5-4-6-14(9-12)19-18(26)13-10-16(25)24(11-13)15-7-2-3-8-15/h4-6,9,13,15H,2-3,7-8,10-11H2,1H3,(H,19,26). The normalized spacial score (nSPS) is 20.7. The fourth-order valence-electron chi connectivity index (χ4n) is 3.93. The number of carbonyl (C=O) groups is 2. The SMILES string of the molecule is Cn1nnnc1-c1cccc(NC(=O)C2CC(=O)N(C3CCCC3)C2)c1. The van der Waals surface area contributed by atoms with Crippen LogP contribution in [0.3, 0.4) is 0 Å². The largest absolute Gasteiger partial charge is 0.339 e. The van der Waals surface area contributed by atoms with Crippen molar-refractivity contribution in [3.8, 4) is 11.4 Å². The molecule has 136 valence electrons. The lowest BCUT2D eigenvalue weighted by Crippen LogP contribution is -2.35. The summed E-state index contributed by atoms with van der Waals surface area (Å²) in [4.78, 5) is 26.9. The van der Waals surface area contributed by atoms with Crippen LogP contribution in [-0.2, 0) is 16.6 Å². The van der Waals surface area contributed by atoms with E-state index in [-0.39, 0.29) is 17.7 Å². The van der Waals surface area contributed by atoms with Crippen molar-refractivity contribution in [3.63, 3.8) is 0 Å². The average molecular weight is 354 g/mol. The Balaban J connectivity index is 1.44. The molecule has 2 heterocycles. The lowest BCUT2D eigenvalue weighted by molar-refractivity contribution is -0.129. The van der Waals surface area contributed by atoms with Gasteiger partial charge in [-0.15, -0.1) is 5.10 Å². The van der Waals surface area contributed by atoms with Crippen LogP contribution in [0.2, 0.25) is 0 Å². The van der Waals surface area contributed by atoms with Gasteiger partial charge in [0.25, 0.3) is 0 Å². The van der Waals surface area contributed by atoms with E-state index in [9.17, 15) is 9.59 Å². The molecule has 1 aromatic carbocycles. The Hall–Kier alpha value is -2.77. The molecule has 1 N–H and O–H groups in total. The van der Waals surface area contributed by atoms with Crippen LogP contribution in [0.5, 0.6) is 0 Å². The van der Waals surface area contributed by atoms with Crippen molar-refractivity contribution in [2.45, 2.75) is 38.1 Å². The van der Waals surface area contributed by atoms with E-state index in [1.165, 1.54) is 12.8 Å².